The molecule has 0 spiro atoms. The van der Waals surface area contributed by atoms with Gasteiger partial charge in [0.05, 0.1) is 0 Å². The molecule has 0 bridgehead atoms. The fourth-order valence-corrected chi connectivity index (χ4v) is 2.79. The lowest BCUT2D eigenvalue weighted by molar-refractivity contribution is 0.722. The summed E-state index contributed by atoms with van der Waals surface area (Å²) in [5.41, 5.74) is 8.95. The van der Waals surface area contributed by atoms with Crippen molar-refractivity contribution < 1.29 is 0 Å². The van der Waals surface area contributed by atoms with Crippen LogP contribution in [0.5, 0.6) is 0 Å². The Hall–Kier alpha value is -1.46. The minimum absolute atomic E-state index is 0.115. The molecular formula is C14H18N4S. The molecule has 2 aromatic rings. The minimum Gasteiger partial charge on any atom is -0.328 e. The fourth-order valence-electron chi connectivity index (χ4n) is 1.84. The van der Waals surface area contributed by atoms with Crippen LogP contribution in [0, 0.1) is 13.8 Å². The van der Waals surface area contributed by atoms with Gasteiger partial charge in [-0.3, -0.25) is 0 Å². The molecule has 100 valence electrons. The van der Waals surface area contributed by atoms with Crippen molar-refractivity contribution in [3.05, 3.63) is 41.3 Å². The average Bonchev–Trinajstić information content (AvgIpc) is 2.29. The predicted molar refractivity (Wildman–Crippen MR) is 77.2 cm³/mol. The summed E-state index contributed by atoms with van der Waals surface area (Å²) in [7, 11) is 0. The molecule has 19 heavy (non-hydrogen) atoms. The summed E-state index contributed by atoms with van der Waals surface area (Å²) < 4.78 is 0. The predicted octanol–water partition coefficient (Wildman–Crippen LogP) is 2.53. The number of nitrogens with two attached hydrogens (primary N) is 1. The summed E-state index contributed by atoms with van der Waals surface area (Å²) in [5, 5.41) is 1.67. The van der Waals surface area contributed by atoms with E-state index in [0.29, 0.717) is 0 Å². The zero-order chi connectivity index (χ0) is 13.8. The lowest BCUT2D eigenvalue weighted by atomic mass is 10.1. The summed E-state index contributed by atoms with van der Waals surface area (Å²) in [6.07, 6.45) is 2.59. The van der Waals surface area contributed by atoms with Crippen molar-refractivity contribution in [2.75, 3.05) is 0 Å². The Bertz CT molecular complexity index is 549. The second-order valence-corrected chi connectivity index (χ2v) is 5.64. The molecule has 0 fully saturated rings. The van der Waals surface area contributed by atoms with Gasteiger partial charge in [0.15, 0.2) is 5.16 Å². The van der Waals surface area contributed by atoms with Crippen LogP contribution in [0.1, 0.15) is 23.9 Å². The molecule has 0 aromatic carbocycles. The Balaban J connectivity index is 2.27. The largest absolute Gasteiger partial charge is 0.328 e. The molecule has 2 aromatic heterocycles. The Morgan fingerprint density at radius 3 is 2.58 bits per heavy atom. The number of aromatic nitrogens is 3. The third kappa shape index (κ3) is 4.01. The van der Waals surface area contributed by atoms with E-state index < -0.39 is 0 Å². The number of nitrogens with zero attached hydrogens (tertiary/aromatic N) is 3. The van der Waals surface area contributed by atoms with E-state index in [1.807, 2.05) is 32.9 Å². The van der Waals surface area contributed by atoms with E-state index in [9.17, 15) is 0 Å². The monoisotopic (exact) mass is 274 g/mol. The molecule has 0 aliphatic carbocycles. The van der Waals surface area contributed by atoms with Crippen LogP contribution in [0.4, 0.5) is 0 Å². The van der Waals surface area contributed by atoms with Gasteiger partial charge in [0.25, 0.3) is 0 Å². The highest BCUT2D eigenvalue weighted by Gasteiger charge is 2.10. The topological polar surface area (TPSA) is 64.7 Å². The van der Waals surface area contributed by atoms with Crippen molar-refractivity contribution in [1.82, 2.24) is 15.0 Å². The van der Waals surface area contributed by atoms with Crippen LogP contribution >= 0.6 is 11.8 Å². The zero-order valence-electron chi connectivity index (χ0n) is 11.4. The molecule has 2 rings (SSSR count). The van der Waals surface area contributed by atoms with E-state index in [1.165, 1.54) is 11.8 Å². The van der Waals surface area contributed by atoms with Crippen LogP contribution in [-0.4, -0.2) is 21.0 Å². The molecule has 4 nitrogen and oxygen atoms in total. The van der Waals surface area contributed by atoms with Gasteiger partial charge in [-0.05, 0) is 56.7 Å². The van der Waals surface area contributed by atoms with Crippen molar-refractivity contribution in [1.29, 1.82) is 0 Å². The van der Waals surface area contributed by atoms with Gasteiger partial charge in [-0.25, -0.2) is 15.0 Å². The van der Waals surface area contributed by atoms with E-state index in [1.54, 1.807) is 6.20 Å². The van der Waals surface area contributed by atoms with E-state index in [2.05, 4.69) is 21.0 Å². The highest BCUT2D eigenvalue weighted by molar-refractivity contribution is 7.99. The Morgan fingerprint density at radius 1 is 1.26 bits per heavy atom. The molecule has 0 saturated carbocycles. The molecule has 0 aliphatic rings. The van der Waals surface area contributed by atoms with E-state index >= 15 is 0 Å². The second-order valence-electron chi connectivity index (χ2n) is 4.68. The van der Waals surface area contributed by atoms with Gasteiger partial charge in [-0.2, -0.15) is 0 Å². The molecule has 0 saturated heterocycles. The van der Waals surface area contributed by atoms with Crippen LogP contribution in [0.25, 0.3) is 0 Å². The first-order valence-electron chi connectivity index (χ1n) is 6.24. The number of hydrogen-bond donors (Lipinski definition) is 1. The quantitative estimate of drug-likeness (QED) is 0.868. The number of hydrogen-bond acceptors (Lipinski definition) is 5. The Morgan fingerprint density at radius 2 is 1.95 bits per heavy atom. The first-order valence-corrected chi connectivity index (χ1v) is 7.06. The first kappa shape index (κ1) is 14.0. The summed E-state index contributed by atoms with van der Waals surface area (Å²) in [5.74, 6) is 0. The van der Waals surface area contributed by atoms with Gasteiger partial charge in [-0.1, -0.05) is 6.07 Å². The van der Waals surface area contributed by atoms with Gasteiger partial charge in [-0.15, -0.1) is 0 Å². The lowest BCUT2D eigenvalue weighted by Crippen LogP contribution is -2.18. The van der Waals surface area contributed by atoms with Crippen LogP contribution in [0.3, 0.4) is 0 Å². The van der Waals surface area contributed by atoms with Crippen LogP contribution < -0.4 is 5.73 Å². The third-order valence-corrected chi connectivity index (χ3v) is 3.47. The maximum absolute atomic E-state index is 5.87. The standard InChI is InChI=1S/C14H18N4S/c1-9(15)7-12-5-4-6-16-13(12)19-14-17-10(2)8-11(3)18-14/h4-6,8-9H,7,15H2,1-3H3. The van der Waals surface area contributed by atoms with Crippen molar-refractivity contribution in [3.63, 3.8) is 0 Å². The van der Waals surface area contributed by atoms with Crippen molar-refractivity contribution in [2.45, 2.75) is 43.4 Å². The maximum Gasteiger partial charge on any atom is 0.194 e. The Kier molecular flexibility index (Phi) is 4.50. The highest BCUT2D eigenvalue weighted by atomic mass is 32.2. The van der Waals surface area contributed by atoms with Gasteiger partial charge in [0.1, 0.15) is 5.03 Å². The van der Waals surface area contributed by atoms with Gasteiger partial charge in [0, 0.05) is 23.6 Å². The Labute approximate surface area is 117 Å². The van der Waals surface area contributed by atoms with Crippen LogP contribution in [0.15, 0.2) is 34.6 Å². The first-order chi connectivity index (χ1) is 9.04. The average molecular weight is 274 g/mol. The van der Waals surface area contributed by atoms with E-state index in [0.717, 1.165) is 33.6 Å². The summed E-state index contributed by atoms with van der Waals surface area (Å²) >= 11 is 1.50. The molecule has 1 atom stereocenters. The molecular weight excluding hydrogens is 256 g/mol. The zero-order valence-corrected chi connectivity index (χ0v) is 12.2. The molecule has 0 aliphatic heterocycles. The van der Waals surface area contributed by atoms with Gasteiger partial charge in [0.2, 0.25) is 0 Å². The summed E-state index contributed by atoms with van der Waals surface area (Å²) in [4.78, 5) is 13.3. The normalized spacial score (nSPS) is 12.4. The molecule has 1 unspecified atom stereocenters. The van der Waals surface area contributed by atoms with Crippen molar-refractivity contribution in [2.24, 2.45) is 5.73 Å². The van der Waals surface area contributed by atoms with Gasteiger partial charge >= 0.3 is 0 Å². The highest BCUT2D eigenvalue weighted by Crippen LogP contribution is 2.26. The van der Waals surface area contributed by atoms with E-state index in [4.69, 9.17) is 5.73 Å². The molecule has 2 N–H and O–H groups in total. The third-order valence-electron chi connectivity index (χ3n) is 2.54. The SMILES string of the molecule is Cc1cc(C)nc(Sc2ncccc2CC(C)N)n1. The van der Waals surface area contributed by atoms with E-state index in [-0.39, 0.29) is 6.04 Å². The maximum atomic E-state index is 5.87. The fraction of sp³-hybridized carbons (Fsp3) is 0.357. The molecule has 0 amide bonds. The van der Waals surface area contributed by atoms with Crippen LogP contribution in [-0.2, 0) is 6.42 Å². The number of rotatable bonds is 4. The van der Waals surface area contributed by atoms with Crippen LogP contribution in [0.2, 0.25) is 0 Å². The smallest absolute Gasteiger partial charge is 0.194 e. The van der Waals surface area contributed by atoms with Crippen molar-refractivity contribution >= 4 is 11.8 Å². The number of pyridine rings is 1. The molecule has 2 heterocycles. The van der Waals surface area contributed by atoms with Gasteiger partial charge < -0.3 is 5.73 Å². The number of aryl methyl sites for hydroxylation is 2. The molecule has 5 heteroatoms. The lowest BCUT2D eigenvalue weighted by Gasteiger charge is -2.09. The summed E-state index contributed by atoms with van der Waals surface area (Å²) in [6.45, 7) is 5.94. The second kappa shape index (κ2) is 6.12. The molecule has 0 radical (unpaired) electrons. The minimum atomic E-state index is 0.115. The summed E-state index contributed by atoms with van der Waals surface area (Å²) in [6, 6.07) is 6.07. The van der Waals surface area contributed by atoms with Crippen molar-refractivity contribution in [3.8, 4) is 0 Å².